The van der Waals surface area contributed by atoms with Gasteiger partial charge < -0.3 is 0 Å². The monoisotopic (exact) mass is 582 g/mol. The predicted octanol–water partition coefficient (Wildman–Crippen LogP) is 9.89. The molecular weight excluding hydrogens is 561 g/mol. The van der Waals surface area contributed by atoms with E-state index in [1.807, 2.05) is 0 Å². The van der Waals surface area contributed by atoms with Crippen molar-refractivity contribution in [2.75, 3.05) is 0 Å². The van der Waals surface area contributed by atoms with E-state index >= 15 is 0 Å². The predicted molar refractivity (Wildman–Crippen MR) is 179 cm³/mol. The van der Waals surface area contributed by atoms with Gasteiger partial charge in [-0.05, 0) is 156 Å². The van der Waals surface area contributed by atoms with E-state index in [9.17, 15) is 0 Å². The highest BCUT2D eigenvalue weighted by Crippen LogP contribution is 2.31. The highest BCUT2D eigenvalue weighted by atomic mass is 32.1. The number of benzene rings is 4. The second-order valence-corrected chi connectivity index (χ2v) is 13.0. The molecule has 0 aliphatic carbocycles. The van der Waals surface area contributed by atoms with E-state index in [1.54, 1.807) is 45.3 Å². The van der Waals surface area contributed by atoms with Crippen molar-refractivity contribution in [2.24, 2.45) is 0 Å². The van der Waals surface area contributed by atoms with Crippen LogP contribution >= 0.6 is 45.3 Å². The lowest BCUT2D eigenvalue weighted by Gasteiger charge is -2.16. The zero-order valence-electron chi connectivity index (χ0n) is 21.3. The number of hydrogen-bond donors (Lipinski definition) is 0. The number of hydrogen-bond acceptors (Lipinski definition) is 4. The Balaban J connectivity index is 1.75. The first-order valence-corrected chi connectivity index (χ1v) is 16.9. The molecular formula is C36H22S4. The summed E-state index contributed by atoms with van der Waals surface area (Å²) in [6, 6.07) is 31.7. The molecule has 0 radical (unpaired) electrons. The summed E-state index contributed by atoms with van der Waals surface area (Å²) in [4.78, 5) is 0. The van der Waals surface area contributed by atoms with Crippen molar-refractivity contribution in [3.63, 3.8) is 0 Å². The van der Waals surface area contributed by atoms with E-state index in [-0.39, 0.29) is 0 Å². The Morgan fingerprint density at radius 3 is 1.05 bits per heavy atom. The fourth-order valence-electron chi connectivity index (χ4n) is 5.94. The standard InChI is InChI=1S/C36H22S4/c1-2-6-24-18-32-31(17-23(24)5-1)35(33(25-9-13-37-19-25)26-10-14-38-20-26)29-7-3-4-8-30(29)36(32)34(27-11-15-39-21-27)28-12-16-40-22-28/h1-22H. The molecule has 0 amide bonds. The fraction of sp³-hybridized carbons (Fsp3) is 0. The topological polar surface area (TPSA) is 0 Å². The Morgan fingerprint density at radius 2 is 0.725 bits per heavy atom. The van der Waals surface area contributed by atoms with Gasteiger partial charge in [-0.1, -0.05) is 48.5 Å². The minimum Gasteiger partial charge on any atom is -0.152 e. The summed E-state index contributed by atoms with van der Waals surface area (Å²) in [5.74, 6) is 0. The van der Waals surface area contributed by atoms with Gasteiger partial charge in [0.1, 0.15) is 0 Å². The maximum Gasteiger partial charge on any atom is -0.000967 e. The molecule has 0 fully saturated rings. The summed E-state index contributed by atoms with van der Waals surface area (Å²) >= 11 is 7.03. The van der Waals surface area contributed by atoms with Crippen LogP contribution < -0.4 is 10.4 Å². The van der Waals surface area contributed by atoms with Crippen LogP contribution in [0.5, 0.6) is 0 Å². The van der Waals surface area contributed by atoms with Gasteiger partial charge in [-0.15, -0.1) is 0 Å². The van der Waals surface area contributed by atoms with Crippen LogP contribution in [0, 0.1) is 0 Å². The molecule has 0 atom stereocenters. The molecule has 0 aliphatic rings. The third-order valence-electron chi connectivity index (χ3n) is 7.63. The van der Waals surface area contributed by atoms with Crippen molar-refractivity contribution >= 4 is 88.8 Å². The molecule has 0 saturated carbocycles. The minimum atomic E-state index is 1.26. The second-order valence-electron chi connectivity index (χ2n) is 9.84. The van der Waals surface area contributed by atoms with Crippen molar-refractivity contribution in [1.29, 1.82) is 0 Å². The molecule has 0 nitrogen and oxygen atoms in total. The van der Waals surface area contributed by atoms with Gasteiger partial charge in [0.15, 0.2) is 0 Å². The van der Waals surface area contributed by atoms with Gasteiger partial charge in [-0.2, -0.15) is 45.3 Å². The summed E-state index contributed by atoms with van der Waals surface area (Å²) in [5, 5.41) is 28.2. The molecule has 4 heteroatoms. The number of fused-ring (bicyclic) bond motifs is 3. The van der Waals surface area contributed by atoms with Crippen molar-refractivity contribution < 1.29 is 0 Å². The Bertz CT molecular complexity index is 2000. The normalized spacial score (nSPS) is 11.5. The van der Waals surface area contributed by atoms with Gasteiger partial charge >= 0.3 is 0 Å². The van der Waals surface area contributed by atoms with Crippen molar-refractivity contribution in [1.82, 2.24) is 0 Å². The lowest BCUT2D eigenvalue weighted by molar-refractivity contribution is 1.58. The Labute approximate surface area is 248 Å². The van der Waals surface area contributed by atoms with Gasteiger partial charge in [-0.25, -0.2) is 0 Å². The molecule has 0 saturated heterocycles. The molecule has 0 N–H and O–H groups in total. The van der Waals surface area contributed by atoms with Crippen LogP contribution in [0.3, 0.4) is 0 Å². The maximum absolute atomic E-state index is 2.42. The Morgan fingerprint density at radius 1 is 0.375 bits per heavy atom. The zero-order chi connectivity index (χ0) is 26.5. The van der Waals surface area contributed by atoms with Crippen LogP contribution in [0.25, 0.3) is 43.5 Å². The first-order chi connectivity index (χ1) is 19.9. The molecule has 4 heterocycles. The summed E-state index contributed by atoms with van der Waals surface area (Å²) in [6.07, 6.45) is 0. The molecule has 0 aliphatic heterocycles. The maximum atomic E-state index is 2.42. The first-order valence-electron chi connectivity index (χ1n) is 13.1. The van der Waals surface area contributed by atoms with Gasteiger partial charge in [-0.3, -0.25) is 0 Å². The lowest BCUT2D eigenvalue weighted by Crippen LogP contribution is -2.20. The smallest absolute Gasteiger partial charge is 0.000967 e. The van der Waals surface area contributed by atoms with Crippen LogP contribution in [0.15, 0.2) is 128 Å². The Hall–Kier alpha value is -3.80. The molecule has 4 aromatic heterocycles. The summed E-state index contributed by atoms with van der Waals surface area (Å²) in [6.45, 7) is 0. The average Bonchev–Trinajstić information content (AvgIpc) is 3.83. The number of thiophene rings is 4. The van der Waals surface area contributed by atoms with Gasteiger partial charge in [0.25, 0.3) is 0 Å². The summed E-state index contributed by atoms with van der Waals surface area (Å²) in [7, 11) is 0. The third kappa shape index (κ3) is 3.91. The first kappa shape index (κ1) is 24.0. The number of rotatable bonds is 4. The average molecular weight is 583 g/mol. The molecule has 8 rings (SSSR count). The van der Waals surface area contributed by atoms with Gasteiger partial charge in [0.2, 0.25) is 0 Å². The molecule has 0 spiro atoms. The lowest BCUT2D eigenvalue weighted by atomic mass is 9.87. The van der Waals surface area contributed by atoms with Gasteiger partial charge in [0, 0.05) is 0 Å². The highest BCUT2D eigenvalue weighted by molar-refractivity contribution is 7.09. The van der Waals surface area contributed by atoms with Crippen LogP contribution in [0.4, 0.5) is 0 Å². The quantitative estimate of drug-likeness (QED) is 0.181. The van der Waals surface area contributed by atoms with E-state index in [4.69, 9.17) is 0 Å². The van der Waals surface area contributed by atoms with Crippen molar-refractivity contribution in [3.05, 3.63) is 161 Å². The van der Waals surface area contributed by atoms with Crippen LogP contribution in [0.2, 0.25) is 0 Å². The fourth-order valence-corrected chi connectivity index (χ4v) is 8.53. The molecule has 0 unspecified atom stereocenters. The van der Waals surface area contributed by atoms with E-state index in [1.165, 1.54) is 76.2 Å². The molecule has 190 valence electrons. The van der Waals surface area contributed by atoms with Crippen LogP contribution in [-0.4, -0.2) is 0 Å². The van der Waals surface area contributed by atoms with Crippen molar-refractivity contribution in [2.45, 2.75) is 0 Å². The van der Waals surface area contributed by atoms with E-state index in [0.29, 0.717) is 0 Å². The molecule has 4 aromatic carbocycles. The van der Waals surface area contributed by atoms with E-state index < -0.39 is 0 Å². The molecule has 0 bridgehead atoms. The largest absolute Gasteiger partial charge is 0.152 e. The zero-order valence-corrected chi connectivity index (χ0v) is 24.6. The minimum absolute atomic E-state index is 1.26. The van der Waals surface area contributed by atoms with E-state index in [0.717, 1.165) is 0 Å². The van der Waals surface area contributed by atoms with Crippen LogP contribution in [0.1, 0.15) is 22.3 Å². The summed E-state index contributed by atoms with van der Waals surface area (Å²) < 4.78 is 0. The molecule has 40 heavy (non-hydrogen) atoms. The van der Waals surface area contributed by atoms with Gasteiger partial charge in [0.05, 0.1) is 0 Å². The summed E-state index contributed by atoms with van der Waals surface area (Å²) in [5.41, 5.74) is 7.70. The third-order valence-corrected chi connectivity index (χ3v) is 10.4. The van der Waals surface area contributed by atoms with Crippen molar-refractivity contribution in [3.8, 4) is 0 Å². The highest BCUT2D eigenvalue weighted by Gasteiger charge is 2.18. The second kappa shape index (κ2) is 9.99. The SMILES string of the molecule is c1ccc2cc3c(=C(c4ccsc4)c4ccsc4)c4ccccc4c(=C(c4ccsc4)c4ccsc4)c3cc2c1. The molecule has 8 aromatic rings. The van der Waals surface area contributed by atoms with Crippen LogP contribution in [-0.2, 0) is 0 Å². The Kier molecular flexibility index (Phi) is 6.00. The van der Waals surface area contributed by atoms with E-state index in [2.05, 4.69) is 128 Å².